The molecule has 22 heavy (non-hydrogen) atoms. The second-order valence-electron chi connectivity index (χ2n) is 4.79. The zero-order valence-electron chi connectivity index (χ0n) is 12.0. The van der Waals surface area contributed by atoms with Crippen molar-refractivity contribution in [3.05, 3.63) is 65.0 Å². The third-order valence-corrected chi connectivity index (χ3v) is 3.95. The molecule has 0 saturated carbocycles. The van der Waals surface area contributed by atoms with Crippen molar-refractivity contribution < 1.29 is 5.11 Å². The number of aromatic nitrogens is 1. The Kier molecular flexibility index (Phi) is 4.16. The van der Waals surface area contributed by atoms with Crippen LogP contribution in [0.4, 0.5) is 5.13 Å². The lowest BCUT2D eigenvalue weighted by atomic mass is 10.1. The Hall–Kier alpha value is -2.66. The average molecular weight is 309 g/mol. The number of hydrogen-bond acceptors (Lipinski definition) is 5. The van der Waals surface area contributed by atoms with Crippen molar-refractivity contribution in [2.24, 2.45) is 5.10 Å². The van der Waals surface area contributed by atoms with Gasteiger partial charge in [-0.05, 0) is 18.6 Å². The van der Waals surface area contributed by atoms with Crippen LogP contribution in [0.25, 0.3) is 11.3 Å². The monoisotopic (exact) mass is 309 g/mol. The Bertz CT molecular complexity index is 797. The summed E-state index contributed by atoms with van der Waals surface area (Å²) >= 11 is 1.49. The van der Waals surface area contributed by atoms with Crippen molar-refractivity contribution >= 4 is 22.7 Å². The van der Waals surface area contributed by atoms with Gasteiger partial charge in [-0.2, -0.15) is 5.10 Å². The molecule has 110 valence electrons. The molecule has 1 heterocycles. The molecule has 4 nitrogen and oxygen atoms in total. The van der Waals surface area contributed by atoms with E-state index in [-0.39, 0.29) is 5.75 Å². The summed E-state index contributed by atoms with van der Waals surface area (Å²) in [5.41, 5.74) is 6.39. The molecular formula is C17H15N3OS. The molecule has 0 radical (unpaired) electrons. The maximum atomic E-state index is 9.92. The van der Waals surface area contributed by atoms with Gasteiger partial charge in [0.05, 0.1) is 11.9 Å². The summed E-state index contributed by atoms with van der Waals surface area (Å²) in [5, 5.41) is 16.7. The quantitative estimate of drug-likeness (QED) is 0.559. The van der Waals surface area contributed by atoms with Gasteiger partial charge in [-0.15, -0.1) is 11.3 Å². The Morgan fingerprint density at radius 3 is 2.77 bits per heavy atom. The molecular weight excluding hydrogens is 294 g/mol. The minimum atomic E-state index is 0.247. The van der Waals surface area contributed by atoms with E-state index in [1.165, 1.54) is 11.3 Å². The predicted molar refractivity (Wildman–Crippen MR) is 91.6 cm³/mol. The summed E-state index contributed by atoms with van der Waals surface area (Å²) in [7, 11) is 0. The summed E-state index contributed by atoms with van der Waals surface area (Å²) in [4.78, 5) is 4.48. The van der Waals surface area contributed by atoms with E-state index in [9.17, 15) is 5.11 Å². The molecule has 0 fully saturated rings. The Morgan fingerprint density at radius 2 is 1.95 bits per heavy atom. The molecule has 0 atom stereocenters. The van der Waals surface area contributed by atoms with Crippen LogP contribution in [0.1, 0.15) is 11.1 Å². The zero-order chi connectivity index (χ0) is 15.4. The molecule has 2 aromatic carbocycles. The smallest absolute Gasteiger partial charge is 0.203 e. The van der Waals surface area contributed by atoms with Crippen LogP contribution in [-0.2, 0) is 0 Å². The maximum absolute atomic E-state index is 9.92. The van der Waals surface area contributed by atoms with Crippen LogP contribution >= 0.6 is 11.3 Å². The standard InChI is InChI=1S/C17H15N3OS/c1-12-6-5-9-14(16(12)21)10-18-20-17-19-15(11-22-17)13-7-3-2-4-8-13/h2-11,21H,1H3,(H,19,20). The number of thiazole rings is 1. The second kappa shape index (κ2) is 6.41. The fourth-order valence-corrected chi connectivity index (χ4v) is 2.68. The number of phenolic OH excluding ortho intramolecular Hbond substituents is 1. The Morgan fingerprint density at radius 1 is 1.14 bits per heavy atom. The molecule has 0 spiro atoms. The van der Waals surface area contributed by atoms with Gasteiger partial charge >= 0.3 is 0 Å². The van der Waals surface area contributed by atoms with Gasteiger partial charge < -0.3 is 5.11 Å². The number of aromatic hydroxyl groups is 1. The molecule has 3 aromatic rings. The van der Waals surface area contributed by atoms with Crippen LogP contribution in [0.5, 0.6) is 5.75 Å². The van der Waals surface area contributed by atoms with Gasteiger partial charge in [-0.3, -0.25) is 5.43 Å². The van der Waals surface area contributed by atoms with Crippen LogP contribution in [0.2, 0.25) is 0 Å². The highest BCUT2D eigenvalue weighted by atomic mass is 32.1. The SMILES string of the molecule is Cc1cccc(C=NNc2nc(-c3ccccc3)cs2)c1O. The molecule has 0 bridgehead atoms. The van der Waals surface area contributed by atoms with Gasteiger partial charge in [0.25, 0.3) is 0 Å². The minimum Gasteiger partial charge on any atom is -0.507 e. The predicted octanol–water partition coefficient (Wildman–Crippen LogP) is 4.27. The van der Waals surface area contributed by atoms with Gasteiger partial charge in [0.2, 0.25) is 5.13 Å². The van der Waals surface area contributed by atoms with Crippen molar-refractivity contribution in [2.45, 2.75) is 6.92 Å². The number of aryl methyl sites for hydroxylation is 1. The molecule has 0 amide bonds. The molecule has 0 unspecified atom stereocenters. The number of anilines is 1. The van der Waals surface area contributed by atoms with Gasteiger partial charge in [0, 0.05) is 16.5 Å². The number of nitrogens with zero attached hydrogens (tertiary/aromatic N) is 2. The number of hydrazone groups is 1. The van der Waals surface area contributed by atoms with Crippen LogP contribution in [0.15, 0.2) is 59.0 Å². The third kappa shape index (κ3) is 3.15. The summed E-state index contributed by atoms with van der Waals surface area (Å²) in [6, 6.07) is 15.5. The van der Waals surface area contributed by atoms with Crippen LogP contribution in [0.3, 0.4) is 0 Å². The zero-order valence-corrected chi connectivity index (χ0v) is 12.8. The van der Waals surface area contributed by atoms with Gasteiger partial charge in [0.15, 0.2) is 0 Å². The van der Waals surface area contributed by atoms with Gasteiger partial charge in [-0.25, -0.2) is 4.98 Å². The Balaban J connectivity index is 1.71. The van der Waals surface area contributed by atoms with Gasteiger partial charge in [-0.1, -0.05) is 42.5 Å². The number of rotatable bonds is 4. The summed E-state index contributed by atoms with van der Waals surface area (Å²) in [5.74, 6) is 0.247. The van der Waals surface area contributed by atoms with Crippen LogP contribution < -0.4 is 5.43 Å². The largest absolute Gasteiger partial charge is 0.507 e. The molecule has 1 aromatic heterocycles. The lowest BCUT2D eigenvalue weighted by Crippen LogP contribution is -1.91. The maximum Gasteiger partial charge on any atom is 0.203 e. The molecule has 3 rings (SSSR count). The summed E-state index contributed by atoms with van der Waals surface area (Å²) < 4.78 is 0. The highest BCUT2D eigenvalue weighted by Gasteiger charge is 2.03. The lowest BCUT2D eigenvalue weighted by molar-refractivity contribution is 0.470. The number of nitrogens with one attached hydrogen (secondary N) is 1. The van der Waals surface area contributed by atoms with Gasteiger partial charge in [0.1, 0.15) is 5.75 Å². The first-order chi connectivity index (χ1) is 10.7. The highest BCUT2D eigenvalue weighted by Crippen LogP contribution is 2.24. The topological polar surface area (TPSA) is 57.5 Å². The van der Waals surface area contributed by atoms with Crippen molar-refractivity contribution in [1.82, 2.24) is 4.98 Å². The first kappa shape index (κ1) is 14.3. The molecule has 0 aliphatic rings. The van der Waals surface area contributed by atoms with Crippen LogP contribution in [0, 0.1) is 6.92 Å². The van der Waals surface area contributed by atoms with Crippen LogP contribution in [-0.4, -0.2) is 16.3 Å². The number of benzene rings is 2. The summed E-state index contributed by atoms with van der Waals surface area (Å²) in [6.07, 6.45) is 1.59. The average Bonchev–Trinajstić information content (AvgIpc) is 3.01. The van der Waals surface area contributed by atoms with Crippen molar-refractivity contribution in [3.63, 3.8) is 0 Å². The minimum absolute atomic E-state index is 0.247. The van der Waals surface area contributed by atoms with E-state index in [4.69, 9.17) is 0 Å². The molecule has 0 aliphatic heterocycles. The van der Waals surface area contributed by atoms with E-state index in [1.54, 1.807) is 6.21 Å². The highest BCUT2D eigenvalue weighted by molar-refractivity contribution is 7.14. The Labute approximate surface area is 132 Å². The van der Waals surface area contributed by atoms with Crippen molar-refractivity contribution in [3.8, 4) is 17.0 Å². The third-order valence-electron chi connectivity index (χ3n) is 3.21. The van der Waals surface area contributed by atoms with E-state index in [0.717, 1.165) is 16.8 Å². The van der Waals surface area contributed by atoms with E-state index < -0.39 is 0 Å². The second-order valence-corrected chi connectivity index (χ2v) is 5.64. The normalized spacial score (nSPS) is 11.0. The summed E-state index contributed by atoms with van der Waals surface area (Å²) in [6.45, 7) is 1.85. The van der Waals surface area contributed by atoms with E-state index in [1.807, 2.05) is 60.8 Å². The molecule has 0 saturated heterocycles. The van der Waals surface area contributed by atoms with E-state index in [2.05, 4.69) is 15.5 Å². The van der Waals surface area contributed by atoms with E-state index >= 15 is 0 Å². The number of phenols is 1. The number of hydrogen-bond donors (Lipinski definition) is 2. The first-order valence-corrected chi connectivity index (χ1v) is 7.70. The molecule has 0 aliphatic carbocycles. The van der Waals surface area contributed by atoms with Crippen molar-refractivity contribution in [2.75, 3.05) is 5.43 Å². The van der Waals surface area contributed by atoms with Crippen molar-refractivity contribution in [1.29, 1.82) is 0 Å². The molecule has 2 N–H and O–H groups in total. The fourth-order valence-electron chi connectivity index (χ4n) is 2.01. The fraction of sp³-hybridized carbons (Fsp3) is 0.0588. The molecule has 5 heteroatoms. The lowest BCUT2D eigenvalue weighted by Gasteiger charge is -2.01. The van der Waals surface area contributed by atoms with E-state index in [0.29, 0.717) is 10.7 Å². The first-order valence-electron chi connectivity index (χ1n) is 6.82. The number of para-hydroxylation sites is 1.